The molecule has 0 saturated carbocycles. The van der Waals surface area contributed by atoms with Crippen molar-refractivity contribution in [1.82, 2.24) is 10.2 Å². The first-order valence-corrected chi connectivity index (χ1v) is 8.63. The second-order valence-corrected chi connectivity index (χ2v) is 6.66. The molecule has 1 heterocycles. The van der Waals surface area contributed by atoms with Crippen LogP contribution < -0.4 is 5.32 Å². The van der Waals surface area contributed by atoms with E-state index in [1.165, 1.54) is 6.92 Å². The first kappa shape index (κ1) is 28.3. The molecule has 0 aliphatic carbocycles. The summed E-state index contributed by atoms with van der Waals surface area (Å²) >= 11 is 0. The standard InChI is InChI=1S/C16H22N2O12.Fe/c1-8(18-9(19)2-3-16(18,29)14(26)27)12(23)17-4-5-30-11(22)7-15(28,13(24)25)6-10(20)21;/h8,28-29H,2-7H2,1H3,(H,17,23)(H,20,21)(H,24,25)(H,26,27);/t8-,15+,16?;/m0./s1. The zero-order chi connectivity index (χ0) is 23.3. The molecule has 176 valence electrons. The van der Waals surface area contributed by atoms with Gasteiger partial charge in [-0.05, 0) is 6.92 Å². The average molecular weight is 490 g/mol. The number of hydrogen-bond donors (Lipinski definition) is 6. The van der Waals surface area contributed by atoms with Gasteiger partial charge in [-0.2, -0.15) is 0 Å². The zero-order valence-corrected chi connectivity index (χ0v) is 17.3. The molecule has 1 rings (SSSR count). The fourth-order valence-electron chi connectivity index (χ4n) is 2.83. The van der Waals surface area contributed by atoms with Crippen LogP contribution in [0.5, 0.6) is 0 Å². The molecule has 0 spiro atoms. The third-order valence-electron chi connectivity index (χ3n) is 4.41. The zero-order valence-electron chi connectivity index (χ0n) is 16.2. The van der Waals surface area contributed by atoms with Gasteiger partial charge in [0.15, 0.2) is 5.60 Å². The Hall–Kier alpha value is -2.74. The molecule has 31 heavy (non-hydrogen) atoms. The summed E-state index contributed by atoms with van der Waals surface area (Å²) in [4.78, 5) is 69.0. The second-order valence-electron chi connectivity index (χ2n) is 6.66. The smallest absolute Gasteiger partial charge is 0.357 e. The van der Waals surface area contributed by atoms with Gasteiger partial charge >= 0.3 is 23.9 Å². The van der Waals surface area contributed by atoms with Gasteiger partial charge in [-0.3, -0.25) is 24.1 Å². The van der Waals surface area contributed by atoms with Crippen LogP contribution in [0.3, 0.4) is 0 Å². The summed E-state index contributed by atoms with van der Waals surface area (Å²) < 4.78 is 4.63. The number of nitrogens with zero attached hydrogens (tertiary/aromatic N) is 1. The molecule has 14 nitrogen and oxygen atoms in total. The van der Waals surface area contributed by atoms with Crippen LogP contribution in [0.25, 0.3) is 0 Å². The van der Waals surface area contributed by atoms with E-state index in [1.54, 1.807) is 0 Å². The van der Waals surface area contributed by atoms with E-state index in [4.69, 9.17) is 15.3 Å². The molecule has 0 aromatic heterocycles. The molecule has 1 aliphatic heterocycles. The maximum absolute atomic E-state index is 12.1. The molecule has 0 radical (unpaired) electrons. The Balaban J connectivity index is 0.00000900. The third-order valence-corrected chi connectivity index (χ3v) is 4.41. The number of amides is 2. The minimum atomic E-state index is -2.86. The largest absolute Gasteiger partial charge is 0.481 e. The number of carboxylic acid groups (broad SMARTS) is 3. The molecule has 0 aromatic carbocycles. The van der Waals surface area contributed by atoms with Crippen LogP contribution in [0.2, 0.25) is 0 Å². The van der Waals surface area contributed by atoms with Crippen molar-refractivity contribution in [2.75, 3.05) is 13.2 Å². The van der Waals surface area contributed by atoms with Crippen molar-refractivity contribution >= 4 is 35.7 Å². The first-order valence-electron chi connectivity index (χ1n) is 8.63. The van der Waals surface area contributed by atoms with Crippen molar-refractivity contribution in [3.63, 3.8) is 0 Å². The van der Waals surface area contributed by atoms with E-state index >= 15 is 0 Å². The minimum Gasteiger partial charge on any atom is -0.481 e. The summed E-state index contributed by atoms with van der Waals surface area (Å²) in [5.41, 5.74) is -5.39. The molecule has 1 unspecified atom stereocenters. The summed E-state index contributed by atoms with van der Waals surface area (Å²) in [5.74, 6) is -8.08. The van der Waals surface area contributed by atoms with Gasteiger partial charge < -0.3 is 35.6 Å². The van der Waals surface area contributed by atoms with E-state index in [9.17, 15) is 39.0 Å². The number of esters is 1. The average Bonchev–Trinajstić information content (AvgIpc) is 2.93. The molecule has 1 saturated heterocycles. The van der Waals surface area contributed by atoms with Gasteiger partial charge in [0.25, 0.3) is 0 Å². The van der Waals surface area contributed by atoms with Crippen LogP contribution in [0, 0.1) is 0 Å². The Morgan fingerprint density at radius 3 is 2.26 bits per heavy atom. The number of carboxylic acids is 3. The van der Waals surface area contributed by atoms with Gasteiger partial charge in [-0.1, -0.05) is 0 Å². The predicted octanol–water partition coefficient (Wildman–Crippen LogP) is -2.89. The quantitative estimate of drug-likeness (QED) is 0.0974. The van der Waals surface area contributed by atoms with Crippen LogP contribution in [0.1, 0.15) is 32.6 Å². The molecule has 1 fully saturated rings. The SMILES string of the molecule is C[C@@H](C(=O)NCCOC(=O)C[C@](O)(CC(=O)O)C(=O)O)N1C(=O)CCC1(O)C(=O)O.[Fe]. The summed E-state index contributed by atoms with van der Waals surface area (Å²) in [6.07, 6.45) is -3.03. The third kappa shape index (κ3) is 6.89. The summed E-state index contributed by atoms with van der Waals surface area (Å²) in [5, 5.41) is 48.7. The number of aliphatic hydroxyl groups is 2. The van der Waals surface area contributed by atoms with Crippen LogP contribution in [0.15, 0.2) is 0 Å². The maximum Gasteiger partial charge on any atom is 0.357 e. The number of nitrogens with one attached hydrogen (secondary N) is 1. The Labute approximate surface area is 185 Å². The Bertz CT molecular complexity index is 759. The van der Waals surface area contributed by atoms with Crippen LogP contribution >= 0.6 is 0 Å². The van der Waals surface area contributed by atoms with Gasteiger partial charge in [0.2, 0.25) is 17.5 Å². The molecule has 15 heteroatoms. The topological polar surface area (TPSA) is 228 Å². The van der Waals surface area contributed by atoms with Crippen molar-refractivity contribution < 1.29 is 76.1 Å². The monoisotopic (exact) mass is 490 g/mol. The van der Waals surface area contributed by atoms with E-state index in [0.29, 0.717) is 4.90 Å². The fraction of sp³-hybridized carbons (Fsp3) is 0.625. The van der Waals surface area contributed by atoms with Gasteiger partial charge in [-0.25, -0.2) is 9.59 Å². The molecule has 2 amide bonds. The summed E-state index contributed by atoms with van der Waals surface area (Å²) in [7, 11) is 0. The normalized spacial score (nSPS) is 20.7. The molecule has 3 atom stereocenters. The molecule has 1 aliphatic rings. The van der Waals surface area contributed by atoms with E-state index in [0.717, 1.165) is 0 Å². The maximum atomic E-state index is 12.1. The Morgan fingerprint density at radius 2 is 1.77 bits per heavy atom. The van der Waals surface area contributed by atoms with E-state index < -0.39 is 72.5 Å². The minimum absolute atomic E-state index is 0. The van der Waals surface area contributed by atoms with Gasteiger partial charge in [0.05, 0.1) is 19.4 Å². The van der Waals surface area contributed by atoms with Crippen LogP contribution in [0.4, 0.5) is 0 Å². The van der Waals surface area contributed by atoms with Crippen LogP contribution in [-0.4, -0.2) is 96.6 Å². The van der Waals surface area contributed by atoms with Crippen molar-refractivity contribution in [2.24, 2.45) is 0 Å². The number of aliphatic carboxylic acids is 3. The molecule has 6 N–H and O–H groups in total. The van der Waals surface area contributed by atoms with E-state index in [2.05, 4.69) is 10.1 Å². The van der Waals surface area contributed by atoms with Gasteiger partial charge in [0.1, 0.15) is 12.6 Å². The van der Waals surface area contributed by atoms with Gasteiger partial charge in [-0.15, -0.1) is 0 Å². The molecular weight excluding hydrogens is 468 g/mol. The summed E-state index contributed by atoms with van der Waals surface area (Å²) in [6.45, 7) is 0.376. The summed E-state index contributed by atoms with van der Waals surface area (Å²) in [6, 6.07) is -1.36. The molecular formula is C16H22FeN2O12. The van der Waals surface area contributed by atoms with Crippen LogP contribution in [-0.2, 0) is 50.6 Å². The number of hydrogen-bond acceptors (Lipinski definition) is 9. The molecule has 0 bridgehead atoms. The van der Waals surface area contributed by atoms with E-state index in [-0.39, 0.29) is 36.5 Å². The van der Waals surface area contributed by atoms with Crippen molar-refractivity contribution in [2.45, 2.75) is 50.0 Å². The predicted molar refractivity (Wildman–Crippen MR) is 91.6 cm³/mol. The van der Waals surface area contributed by atoms with Crippen molar-refractivity contribution in [3.8, 4) is 0 Å². The van der Waals surface area contributed by atoms with Gasteiger partial charge in [0, 0.05) is 29.9 Å². The number of likely N-dealkylation sites (tertiary alicyclic amines) is 1. The fourth-order valence-corrected chi connectivity index (χ4v) is 2.83. The van der Waals surface area contributed by atoms with E-state index in [1.807, 2.05) is 0 Å². The first-order chi connectivity index (χ1) is 13.7. The number of carbonyl (C=O) groups excluding carboxylic acids is 3. The van der Waals surface area contributed by atoms with Crippen molar-refractivity contribution in [1.29, 1.82) is 0 Å². The second kappa shape index (κ2) is 11.0. The molecule has 0 aromatic rings. The number of rotatable bonds is 11. The Kier molecular flexibility index (Phi) is 10.1. The van der Waals surface area contributed by atoms with Crippen molar-refractivity contribution in [3.05, 3.63) is 0 Å². The number of ether oxygens (including phenoxy) is 1. The Morgan fingerprint density at radius 1 is 1.19 bits per heavy atom. The number of carbonyl (C=O) groups is 6.